The summed E-state index contributed by atoms with van der Waals surface area (Å²) in [6.45, 7) is 3.29. The summed E-state index contributed by atoms with van der Waals surface area (Å²) in [7, 11) is 1.49. The summed E-state index contributed by atoms with van der Waals surface area (Å²) in [5.41, 5.74) is 2.60. The standard InChI is InChI=1S/C18H18ClNO4/c1-11-4-5-12(2)14(8-11)18(22)24-10-17(21)20-15-9-13(19)6-7-16(15)23-3/h4-9H,10H2,1-3H3,(H,20,21). The van der Waals surface area contributed by atoms with Crippen molar-refractivity contribution in [3.8, 4) is 5.75 Å². The van der Waals surface area contributed by atoms with Crippen molar-refractivity contribution in [2.24, 2.45) is 0 Å². The van der Waals surface area contributed by atoms with E-state index in [2.05, 4.69) is 5.32 Å². The van der Waals surface area contributed by atoms with Gasteiger partial charge in [-0.2, -0.15) is 0 Å². The lowest BCUT2D eigenvalue weighted by molar-refractivity contribution is -0.119. The van der Waals surface area contributed by atoms with Gasteiger partial charge in [-0.15, -0.1) is 0 Å². The van der Waals surface area contributed by atoms with E-state index in [0.29, 0.717) is 22.0 Å². The minimum atomic E-state index is -0.538. The zero-order valence-electron chi connectivity index (χ0n) is 13.7. The highest BCUT2D eigenvalue weighted by Crippen LogP contribution is 2.27. The Labute approximate surface area is 145 Å². The molecular weight excluding hydrogens is 330 g/mol. The predicted octanol–water partition coefficient (Wildman–Crippen LogP) is 3.76. The summed E-state index contributed by atoms with van der Waals surface area (Å²) in [6, 6.07) is 10.3. The minimum Gasteiger partial charge on any atom is -0.495 e. The first-order valence-electron chi connectivity index (χ1n) is 7.28. The molecule has 1 N–H and O–H groups in total. The molecule has 0 radical (unpaired) electrons. The van der Waals surface area contributed by atoms with Crippen molar-refractivity contribution in [3.05, 3.63) is 58.1 Å². The van der Waals surface area contributed by atoms with Crippen LogP contribution in [0.4, 0.5) is 5.69 Å². The number of ether oxygens (including phenoxy) is 2. The van der Waals surface area contributed by atoms with Crippen molar-refractivity contribution >= 4 is 29.2 Å². The summed E-state index contributed by atoms with van der Waals surface area (Å²) < 4.78 is 10.2. The highest BCUT2D eigenvalue weighted by Gasteiger charge is 2.14. The molecule has 0 fully saturated rings. The van der Waals surface area contributed by atoms with Crippen LogP contribution in [0.3, 0.4) is 0 Å². The molecule has 0 heterocycles. The minimum absolute atomic E-state index is 0.401. The molecule has 0 spiro atoms. The SMILES string of the molecule is COc1ccc(Cl)cc1NC(=O)COC(=O)c1cc(C)ccc1C. The number of methoxy groups -OCH3 is 1. The molecule has 24 heavy (non-hydrogen) atoms. The van der Waals surface area contributed by atoms with E-state index < -0.39 is 18.5 Å². The summed E-state index contributed by atoms with van der Waals surface area (Å²) in [5, 5.41) is 3.07. The topological polar surface area (TPSA) is 64.6 Å². The normalized spacial score (nSPS) is 10.2. The van der Waals surface area contributed by atoms with Gasteiger partial charge in [0, 0.05) is 5.02 Å². The summed E-state index contributed by atoms with van der Waals surface area (Å²) in [5.74, 6) is -0.549. The maximum Gasteiger partial charge on any atom is 0.338 e. The maximum absolute atomic E-state index is 12.1. The van der Waals surface area contributed by atoms with E-state index in [4.69, 9.17) is 21.1 Å². The Morgan fingerprint density at radius 1 is 1.12 bits per heavy atom. The molecule has 0 bridgehead atoms. The predicted molar refractivity (Wildman–Crippen MR) is 92.8 cm³/mol. The van der Waals surface area contributed by atoms with Crippen LogP contribution >= 0.6 is 11.6 Å². The number of hydrogen-bond acceptors (Lipinski definition) is 4. The van der Waals surface area contributed by atoms with Crippen LogP contribution in [0.2, 0.25) is 5.02 Å². The molecule has 2 rings (SSSR count). The van der Waals surface area contributed by atoms with Crippen molar-refractivity contribution in [1.29, 1.82) is 0 Å². The Bertz CT molecular complexity index is 774. The molecule has 0 saturated carbocycles. The van der Waals surface area contributed by atoms with Crippen LogP contribution in [0.15, 0.2) is 36.4 Å². The number of carbonyl (C=O) groups excluding carboxylic acids is 2. The van der Waals surface area contributed by atoms with E-state index in [9.17, 15) is 9.59 Å². The second kappa shape index (κ2) is 7.84. The summed E-state index contributed by atoms with van der Waals surface area (Å²) >= 11 is 5.90. The Kier molecular flexibility index (Phi) is 5.82. The van der Waals surface area contributed by atoms with Gasteiger partial charge in [-0.25, -0.2) is 4.79 Å². The molecule has 0 aliphatic carbocycles. The fraction of sp³-hybridized carbons (Fsp3) is 0.222. The molecule has 0 unspecified atom stereocenters. The first kappa shape index (κ1) is 17.8. The molecule has 0 saturated heterocycles. The van der Waals surface area contributed by atoms with Crippen LogP contribution in [0, 0.1) is 13.8 Å². The number of amides is 1. The third-order valence-corrected chi connectivity index (χ3v) is 3.62. The largest absolute Gasteiger partial charge is 0.495 e. The zero-order chi connectivity index (χ0) is 17.7. The van der Waals surface area contributed by atoms with Crippen LogP contribution < -0.4 is 10.1 Å². The quantitative estimate of drug-likeness (QED) is 0.836. The van der Waals surface area contributed by atoms with Gasteiger partial charge in [0.15, 0.2) is 6.61 Å². The second-order valence-corrected chi connectivity index (χ2v) is 5.72. The second-order valence-electron chi connectivity index (χ2n) is 5.29. The number of nitrogens with one attached hydrogen (secondary N) is 1. The first-order chi connectivity index (χ1) is 11.4. The monoisotopic (exact) mass is 347 g/mol. The van der Waals surface area contributed by atoms with Gasteiger partial charge in [0.1, 0.15) is 5.75 Å². The van der Waals surface area contributed by atoms with E-state index in [1.165, 1.54) is 7.11 Å². The Morgan fingerprint density at radius 2 is 1.88 bits per heavy atom. The van der Waals surface area contributed by atoms with Gasteiger partial charge >= 0.3 is 5.97 Å². The molecule has 2 aromatic carbocycles. The third-order valence-electron chi connectivity index (χ3n) is 3.38. The van der Waals surface area contributed by atoms with Crippen molar-refractivity contribution < 1.29 is 19.1 Å². The average molecular weight is 348 g/mol. The molecular formula is C18H18ClNO4. The number of anilines is 1. The average Bonchev–Trinajstić information content (AvgIpc) is 2.55. The lowest BCUT2D eigenvalue weighted by Crippen LogP contribution is -2.21. The van der Waals surface area contributed by atoms with Crippen molar-refractivity contribution in [2.75, 3.05) is 19.0 Å². The Hall–Kier alpha value is -2.53. The van der Waals surface area contributed by atoms with E-state index in [-0.39, 0.29) is 0 Å². The number of benzene rings is 2. The number of aryl methyl sites for hydroxylation is 2. The van der Waals surface area contributed by atoms with Crippen molar-refractivity contribution in [1.82, 2.24) is 0 Å². The summed E-state index contributed by atoms with van der Waals surface area (Å²) in [4.78, 5) is 24.1. The Morgan fingerprint density at radius 3 is 2.58 bits per heavy atom. The lowest BCUT2D eigenvalue weighted by atomic mass is 10.1. The van der Waals surface area contributed by atoms with Gasteiger partial charge in [-0.05, 0) is 43.7 Å². The van der Waals surface area contributed by atoms with E-state index in [1.807, 2.05) is 26.0 Å². The lowest BCUT2D eigenvalue weighted by Gasteiger charge is -2.11. The molecule has 0 aromatic heterocycles. The molecule has 5 nitrogen and oxygen atoms in total. The number of hydrogen-bond donors (Lipinski definition) is 1. The van der Waals surface area contributed by atoms with Gasteiger partial charge in [-0.3, -0.25) is 4.79 Å². The van der Waals surface area contributed by atoms with Crippen LogP contribution in [0.5, 0.6) is 5.75 Å². The van der Waals surface area contributed by atoms with Crippen molar-refractivity contribution in [2.45, 2.75) is 13.8 Å². The van der Waals surface area contributed by atoms with Crippen LogP contribution in [0.25, 0.3) is 0 Å². The molecule has 2 aromatic rings. The molecule has 0 aliphatic rings. The van der Waals surface area contributed by atoms with E-state index >= 15 is 0 Å². The molecule has 1 amide bonds. The third kappa shape index (κ3) is 4.49. The molecule has 0 aliphatic heterocycles. The Balaban J connectivity index is 2.00. The van der Waals surface area contributed by atoms with Crippen LogP contribution in [0.1, 0.15) is 21.5 Å². The van der Waals surface area contributed by atoms with E-state index in [0.717, 1.165) is 11.1 Å². The highest BCUT2D eigenvalue weighted by atomic mass is 35.5. The smallest absolute Gasteiger partial charge is 0.338 e. The van der Waals surface area contributed by atoms with Gasteiger partial charge in [0.25, 0.3) is 5.91 Å². The van der Waals surface area contributed by atoms with Gasteiger partial charge in [0.2, 0.25) is 0 Å². The number of esters is 1. The summed E-state index contributed by atoms with van der Waals surface area (Å²) in [6.07, 6.45) is 0. The zero-order valence-corrected chi connectivity index (χ0v) is 14.4. The van der Waals surface area contributed by atoms with E-state index in [1.54, 1.807) is 24.3 Å². The number of halogens is 1. The van der Waals surface area contributed by atoms with Gasteiger partial charge < -0.3 is 14.8 Å². The van der Waals surface area contributed by atoms with Crippen LogP contribution in [-0.2, 0) is 9.53 Å². The highest BCUT2D eigenvalue weighted by molar-refractivity contribution is 6.31. The molecule has 0 atom stereocenters. The first-order valence-corrected chi connectivity index (χ1v) is 7.66. The van der Waals surface area contributed by atoms with Gasteiger partial charge in [-0.1, -0.05) is 29.3 Å². The van der Waals surface area contributed by atoms with Crippen molar-refractivity contribution in [3.63, 3.8) is 0 Å². The molecule has 6 heteroatoms. The fourth-order valence-corrected chi connectivity index (χ4v) is 2.30. The van der Waals surface area contributed by atoms with Crippen LogP contribution in [-0.4, -0.2) is 25.6 Å². The van der Waals surface area contributed by atoms with Gasteiger partial charge in [0.05, 0.1) is 18.4 Å². The fourth-order valence-electron chi connectivity index (χ4n) is 2.13. The molecule has 126 valence electrons. The number of carbonyl (C=O) groups is 2. The number of rotatable bonds is 5. The maximum atomic E-state index is 12.1.